The number of fused-ring (bicyclic) bond motifs is 4. The minimum atomic E-state index is -0.651. The minimum absolute atomic E-state index is 0.248. The first-order valence-electron chi connectivity index (χ1n) is 20.3. The zero-order valence-corrected chi connectivity index (χ0v) is 33.6. The number of hydrogen-bond donors (Lipinski definition) is 0. The number of para-hydroxylation sites is 4. The fourth-order valence-electron chi connectivity index (χ4n) is 9.56. The van der Waals surface area contributed by atoms with Crippen LogP contribution in [-0.4, -0.2) is 6.04 Å². The molecule has 2 heterocycles. The Balaban J connectivity index is 1.41. The van der Waals surface area contributed by atoms with E-state index < -0.39 is 6.04 Å². The van der Waals surface area contributed by atoms with Crippen LogP contribution in [-0.2, 0) is 0 Å². The van der Waals surface area contributed by atoms with E-state index in [9.17, 15) is 10.5 Å². The van der Waals surface area contributed by atoms with E-state index in [-0.39, 0.29) is 5.92 Å². The van der Waals surface area contributed by atoms with E-state index in [4.69, 9.17) is 0 Å². The molecule has 2 aliphatic carbocycles. The molecule has 0 spiro atoms. The van der Waals surface area contributed by atoms with Crippen LogP contribution in [0.2, 0.25) is 0 Å². The lowest BCUT2D eigenvalue weighted by Crippen LogP contribution is -2.36. The monoisotopic (exact) mass is 766 g/mol. The van der Waals surface area contributed by atoms with E-state index in [2.05, 4.69) is 138 Å². The second kappa shape index (κ2) is 16.1. The van der Waals surface area contributed by atoms with Crippen molar-refractivity contribution in [2.24, 2.45) is 11.8 Å². The quantitative estimate of drug-likeness (QED) is 0.154. The van der Waals surface area contributed by atoms with E-state index in [1.807, 2.05) is 23.9 Å². The maximum atomic E-state index is 11.9. The molecule has 4 aliphatic rings. The number of allylic oxidation sites excluding steroid dienone is 2. The van der Waals surface area contributed by atoms with Gasteiger partial charge in [0.2, 0.25) is 0 Å². The first-order valence-corrected chi connectivity index (χ1v) is 21.9. The highest BCUT2D eigenvalue weighted by Gasteiger charge is 2.40. The second-order valence-electron chi connectivity index (χ2n) is 15.5. The fraction of sp³-hybridized carbons (Fsp3) is 0.280. The first-order chi connectivity index (χ1) is 27.6. The summed E-state index contributed by atoms with van der Waals surface area (Å²) in [5, 5.41) is 21.9. The summed E-state index contributed by atoms with van der Waals surface area (Å²) in [6.45, 7) is 2.42. The zero-order chi connectivity index (χ0) is 38.0. The average Bonchev–Trinajstić information content (AvgIpc) is 3.27. The summed E-state index contributed by atoms with van der Waals surface area (Å²) < 4.78 is 0. The summed E-state index contributed by atoms with van der Waals surface area (Å²) in [4.78, 5) is 9.71. The molecule has 0 bridgehead atoms. The van der Waals surface area contributed by atoms with Crippen LogP contribution < -0.4 is 9.80 Å². The number of nitrogens with zero attached hydrogens (tertiary/aromatic N) is 4. The van der Waals surface area contributed by atoms with E-state index in [0.717, 1.165) is 58.0 Å². The highest BCUT2D eigenvalue weighted by molar-refractivity contribution is 8.00. The predicted octanol–water partition coefficient (Wildman–Crippen LogP) is 14.2. The van der Waals surface area contributed by atoms with Crippen LogP contribution >= 0.6 is 23.5 Å². The van der Waals surface area contributed by atoms with Crippen molar-refractivity contribution in [3.05, 3.63) is 149 Å². The van der Waals surface area contributed by atoms with Crippen molar-refractivity contribution in [2.45, 2.75) is 96.8 Å². The van der Waals surface area contributed by atoms with Gasteiger partial charge in [-0.25, -0.2) is 0 Å². The molecule has 9 rings (SSSR count). The van der Waals surface area contributed by atoms with Crippen molar-refractivity contribution < 1.29 is 0 Å². The van der Waals surface area contributed by atoms with Gasteiger partial charge < -0.3 is 9.80 Å². The molecule has 4 nitrogen and oxygen atoms in total. The summed E-state index contributed by atoms with van der Waals surface area (Å²) in [5.41, 5.74) is 11.2. The molecule has 1 unspecified atom stereocenters. The third-order valence-electron chi connectivity index (χ3n) is 12.3. The molecule has 5 aromatic rings. The van der Waals surface area contributed by atoms with Gasteiger partial charge in [-0.05, 0) is 122 Å². The maximum Gasteiger partial charge on any atom is 0.147 e. The molecule has 0 N–H and O–H groups in total. The largest absolute Gasteiger partial charge is 0.319 e. The van der Waals surface area contributed by atoms with Crippen LogP contribution in [0.25, 0.3) is 5.57 Å². The Labute approximate surface area is 340 Å². The van der Waals surface area contributed by atoms with E-state index in [0.29, 0.717) is 11.5 Å². The summed E-state index contributed by atoms with van der Waals surface area (Å²) >= 11 is 3.63. The smallest absolute Gasteiger partial charge is 0.147 e. The topological polar surface area (TPSA) is 54.1 Å². The number of benzene rings is 5. The van der Waals surface area contributed by atoms with Gasteiger partial charge in [0, 0.05) is 30.9 Å². The van der Waals surface area contributed by atoms with Crippen LogP contribution in [0.3, 0.4) is 0 Å². The van der Waals surface area contributed by atoms with Crippen molar-refractivity contribution >= 4 is 51.8 Å². The Bertz CT molecular complexity index is 2310. The lowest BCUT2D eigenvalue weighted by Gasteiger charge is -2.43. The van der Waals surface area contributed by atoms with Gasteiger partial charge in [0.05, 0.1) is 40.5 Å². The van der Waals surface area contributed by atoms with E-state index >= 15 is 0 Å². The molecule has 1 atom stereocenters. The van der Waals surface area contributed by atoms with Gasteiger partial charge >= 0.3 is 0 Å². The normalized spacial score (nSPS) is 18.2. The molecule has 5 aromatic carbocycles. The van der Waals surface area contributed by atoms with Gasteiger partial charge in [0.15, 0.2) is 0 Å². The molecule has 0 saturated heterocycles. The van der Waals surface area contributed by atoms with Gasteiger partial charge in [0.25, 0.3) is 0 Å². The second-order valence-corrected chi connectivity index (χ2v) is 17.7. The minimum Gasteiger partial charge on any atom is -0.319 e. The van der Waals surface area contributed by atoms with Crippen LogP contribution in [0.15, 0.2) is 158 Å². The standard InChI is InChI=1S/C50H46N4S2/c1-34(36-16-4-2-5-17-36)50(54-41-22-10-14-26-46(41)56-47-27-15-11-23-42(47)54)49(37-18-6-3-7-19-37)48(38-30-28-35(32-51)29-31-38)43(33-52)53-39-20-8-12-24-44(39)55-45-25-13-9-21-40(45)53/h8-15,20-31,36-37,43H,2-7,16-19H2,1H3/b49-48-,50-34-. The van der Waals surface area contributed by atoms with Crippen molar-refractivity contribution in [1.82, 2.24) is 0 Å². The average molecular weight is 767 g/mol. The van der Waals surface area contributed by atoms with Crippen LogP contribution in [0.1, 0.15) is 82.3 Å². The van der Waals surface area contributed by atoms with Crippen LogP contribution in [0, 0.1) is 34.5 Å². The van der Waals surface area contributed by atoms with Gasteiger partial charge in [-0.3, -0.25) is 0 Å². The SMILES string of the molecule is C/C(=C(\C(=C(\c1ccc(C#N)cc1)C(C#N)N1c2ccccc2Sc2ccccc21)C1CCCCC1)N1c2ccccc2Sc2ccccc21)C1CCCCC1. The summed E-state index contributed by atoms with van der Waals surface area (Å²) in [7, 11) is 0. The number of hydrogen-bond acceptors (Lipinski definition) is 6. The molecule has 2 aliphatic heterocycles. The third-order valence-corrected chi connectivity index (χ3v) is 14.5. The zero-order valence-electron chi connectivity index (χ0n) is 32.0. The Morgan fingerprint density at radius 1 is 0.571 bits per heavy atom. The lowest BCUT2D eigenvalue weighted by molar-refractivity contribution is 0.391. The molecule has 0 amide bonds. The maximum absolute atomic E-state index is 11.9. The summed E-state index contributed by atoms with van der Waals surface area (Å²) in [6, 6.07) is 47.7. The number of nitriles is 2. The molecular formula is C50H46N4S2. The first kappa shape index (κ1) is 36.5. The lowest BCUT2D eigenvalue weighted by atomic mass is 9.74. The van der Waals surface area contributed by atoms with E-state index in [1.165, 1.54) is 76.5 Å². The Kier molecular flexibility index (Phi) is 10.5. The van der Waals surface area contributed by atoms with Crippen molar-refractivity contribution in [3.63, 3.8) is 0 Å². The summed E-state index contributed by atoms with van der Waals surface area (Å²) in [6.07, 6.45) is 11.8. The molecule has 56 heavy (non-hydrogen) atoms. The van der Waals surface area contributed by atoms with Crippen LogP contribution in [0.5, 0.6) is 0 Å². The predicted molar refractivity (Wildman–Crippen MR) is 232 cm³/mol. The van der Waals surface area contributed by atoms with Gasteiger partial charge in [0.1, 0.15) is 6.04 Å². The Morgan fingerprint density at radius 3 is 1.50 bits per heavy atom. The Hall–Kier alpha value is -5.14. The highest BCUT2D eigenvalue weighted by Crippen LogP contribution is 2.56. The van der Waals surface area contributed by atoms with Crippen LogP contribution in [0.4, 0.5) is 22.7 Å². The van der Waals surface area contributed by atoms with Gasteiger partial charge in [-0.2, -0.15) is 10.5 Å². The van der Waals surface area contributed by atoms with Crippen molar-refractivity contribution in [3.8, 4) is 12.1 Å². The van der Waals surface area contributed by atoms with Gasteiger partial charge in [-0.15, -0.1) is 0 Å². The molecule has 2 fully saturated rings. The molecule has 0 aromatic heterocycles. The van der Waals surface area contributed by atoms with Gasteiger partial charge in [-0.1, -0.05) is 123 Å². The third kappa shape index (κ3) is 6.74. The molecular weight excluding hydrogens is 721 g/mol. The molecule has 2 saturated carbocycles. The fourth-order valence-corrected chi connectivity index (χ4v) is 11.7. The number of anilines is 4. The molecule has 0 radical (unpaired) electrons. The highest BCUT2D eigenvalue weighted by atomic mass is 32.2. The van der Waals surface area contributed by atoms with Crippen molar-refractivity contribution in [2.75, 3.05) is 9.80 Å². The molecule has 6 heteroatoms. The molecule has 278 valence electrons. The van der Waals surface area contributed by atoms with Crippen molar-refractivity contribution in [1.29, 1.82) is 10.5 Å². The summed E-state index contributed by atoms with van der Waals surface area (Å²) in [5.74, 6) is 0.694. The number of rotatable bonds is 7. The van der Waals surface area contributed by atoms with E-state index in [1.54, 1.807) is 11.8 Å². The Morgan fingerprint density at radius 2 is 1.02 bits per heavy atom.